The van der Waals surface area contributed by atoms with Crippen molar-refractivity contribution in [3.63, 3.8) is 0 Å². The van der Waals surface area contributed by atoms with E-state index in [2.05, 4.69) is 15.6 Å². The van der Waals surface area contributed by atoms with E-state index < -0.39 is 9.84 Å². The Morgan fingerprint density at radius 2 is 2.07 bits per heavy atom. The Balaban J connectivity index is 2.06. The Bertz CT molecular complexity index is 815. The van der Waals surface area contributed by atoms with Gasteiger partial charge in [0.1, 0.15) is 0 Å². The summed E-state index contributed by atoms with van der Waals surface area (Å²) in [5.41, 5.74) is 1.59. The molecule has 9 heteroatoms. The van der Waals surface area contributed by atoms with Crippen LogP contribution in [0, 0.1) is 6.92 Å². The fourth-order valence-corrected chi connectivity index (χ4v) is 3.86. The average molecular weight is 411 g/mol. The molecular formula is C19H30N4O4S. The molecule has 1 unspecified atom stereocenters. The molecule has 8 nitrogen and oxygen atoms in total. The lowest BCUT2D eigenvalue weighted by atomic mass is 10.1. The zero-order chi connectivity index (χ0) is 20.7. The predicted molar refractivity (Wildman–Crippen MR) is 109 cm³/mol. The number of amides is 1. The molecule has 1 aromatic rings. The largest absolute Gasteiger partial charge is 0.376 e. The summed E-state index contributed by atoms with van der Waals surface area (Å²) >= 11 is 0. The first kappa shape index (κ1) is 22.2. The van der Waals surface area contributed by atoms with Crippen molar-refractivity contribution in [1.29, 1.82) is 0 Å². The van der Waals surface area contributed by atoms with Crippen LogP contribution < -0.4 is 10.6 Å². The number of nitrogens with zero attached hydrogens (tertiary/aromatic N) is 2. The number of benzene rings is 1. The molecule has 1 saturated heterocycles. The zero-order valence-corrected chi connectivity index (χ0v) is 17.8. The molecule has 0 radical (unpaired) electrons. The lowest BCUT2D eigenvalue weighted by molar-refractivity contribution is -0.127. The van der Waals surface area contributed by atoms with E-state index in [0.717, 1.165) is 25.0 Å². The van der Waals surface area contributed by atoms with Gasteiger partial charge in [-0.15, -0.1) is 0 Å². The highest BCUT2D eigenvalue weighted by atomic mass is 32.2. The molecule has 1 aliphatic heterocycles. The molecular weight excluding hydrogens is 380 g/mol. The number of guanidine groups is 1. The summed E-state index contributed by atoms with van der Waals surface area (Å²) in [6.07, 6.45) is 3.40. The molecule has 2 rings (SSSR count). The lowest BCUT2D eigenvalue weighted by Gasteiger charge is -2.17. The number of carbonyl (C=O) groups is 1. The molecule has 1 aliphatic rings. The van der Waals surface area contributed by atoms with Gasteiger partial charge in [-0.3, -0.25) is 4.79 Å². The van der Waals surface area contributed by atoms with Gasteiger partial charge in [0.2, 0.25) is 5.91 Å². The van der Waals surface area contributed by atoms with E-state index in [-0.39, 0.29) is 18.6 Å². The number of hydrogen-bond donors (Lipinski definition) is 2. The minimum absolute atomic E-state index is 0.0556. The molecule has 0 saturated carbocycles. The van der Waals surface area contributed by atoms with Crippen LogP contribution in [0.3, 0.4) is 0 Å². The van der Waals surface area contributed by atoms with Gasteiger partial charge in [-0.1, -0.05) is 12.1 Å². The molecule has 1 amide bonds. The van der Waals surface area contributed by atoms with E-state index >= 15 is 0 Å². The number of nitrogens with one attached hydrogen (secondary N) is 2. The molecule has 2 N–H and O–H groups in total. The summed E-state index contributed by atoms with van der Waals surface area (Å²) in [7, 11) is 0.160. The van der Waals surface area contributed by atoms with Gasteiger partial charge in [-0.2, -0.15) is 0 Å². The molecule has 28 heavy (non-hydrogen) atoms. The smallest absolute Gasteiger partial charge is 0.241 e. The fraction of sp³-hybridized carbons (Fsp3) is 0.579. The first-order valence-electron chi connectivity index (χ1n) is 9.30. The van der Waals surface area contributed by atoms with Gasteiger partial charge >= 0.3 is 0 Å². The van der Waals surface area contributed by atoms with Crippen LogP contribution in [0.2, 0.25) is 0 Å². The minimum Gasteiger partial charge on any atom is -0.376 e. The molecule has 0 aromatic heterocycles. The highest BCUT2D eigenvalue weighted by molar-refractivity contribution is 7.90. The summed E-state index contributed by atoms with van der Waals surface area (Å²) in [6.45, 7) is 3.66. The van der Waals surface area contributed by atoms with Gasteiger partial charge in [0.05, 0.1) is 24.1 Å². The van der Waals surface area contributed by atoms with Gasteiger partial charge in [-0.25, -0.2) is 13.4 Å². The fourth-order valence-electron chi connectivity index (χ4n) is 2.90. The highest BCUT2D eigenvalue weighted by Gasteiger charge is 2.16. The van der Waals surface area contributed by atoms with Crippen molar-refractivity contribution in [1.82, 2.24) is 15.5 Å². The normalized spacial score (nSPS) is 17.4. The zero-order valence-electron chi connectivity index (χ0n) is 17.0. The van der Waals surface area contributed by atoms with E-state index in [1.807, 2.05) is 6.07 Å². The van der Waals surface area contributed by atoms with Gasteiger partial charge in [0, 0.05) is 33.5 Å². The molecule has 1 aromatic carbocycles. The number of ether oxygens (including phenoxy) is 1. The van der Waals surface area contributed by atoms with Gasteiger partial charge in [-0.05, 0) is 37.0 Å². The Hall–Kier alpha value is -2.13. The first-order chi connectivity index (χ1) is 13.2. The lowest BCUT2D eigenvalue weighted by Crippen LogP contribution is -2.45. The van der Waals surface area contributed by atoms with Crippen molar-refractivity contribution in [3.8, 4) is 0 Å². The first-order valence-corrected chi connectivity index (χ1v) is 11.2. The van der Waals surface area contributed by atoms with Gasteiger partial charge < -0.3 is 20.3 Å². The van der Waals surface area contributed by atoms with Crippen LogP contribution >= 0.6 is 0 Å². The van der Waals surface area contributed by atoms with Crippen molar-refractivity contribution in [2.75, 3.05) is 40.0 Å². The third-order valence-electron chi connectivity index (χ3n) is 4.49. The Morgan fingerprint density at radius 1 is 1.32 bits per heavy atom. The number of aliphatic imine (C=N–C) groups is 1. The second kappa shape index (κ2) is 9.88. The molecule has 1 fully saturated rings. The Labute approximate surface area is 167 Å². The second-order valence-electron chi connectivity index (χ2n) is 7.19. The Morgan fingerprint density at radius 3 is 2.64 bits per heavy atom. The minimum atomic E-state index is -3.24. The SMILES string of the molecule is Cc1cc(CN=C(NCC(=O)N(C)C)NCC2CCCO2)ccc1S(C)(=O)=O. The summed E-state index contributed by atoms with van der Waals surface area (Å²) in [5, 5.41) is 6.27. The van der Waals surface area contributed by atoms with Gasteiger partial charge in [0.25, 0.3) is 0 Å². The molecule has 156 valence electrons. The van der Waals surface area contributed by atoms with E-state index in [9.17, 15) is 13.2 Å². The van der Waals surface area contributed by atoms with Crippen LogP contribution in [0.5, 0.6) is 0 Å². The second-order valence-corrected chi connectivity index (χ2v) is 9.18. The van der Waals surface area contributed by atoms with Crippen molar-refractivity contribution >= 4 is 21.7 Å². The monoisotopic (exact) mass is 410 g/mol. The average Bonchev–Trinajstić information content (AvgIpc) is 3.13. The summed E-state index contributed by atoms with van der Waals surface area (Å²) in [5.74, 6) is 0.468. The molecule has 0 spiro atoms. The highest BCUT2D eigenvalue weighted by Crippen LogP contribution is 2.17. The molecule has 1 heterocycles. The van der Waals surface area contributed by atoms with Crippen molar-refractivity contribution in [2.45, 2.75) is 37.3 Å². The topological polar surface area (TPSA) is 100 Å². The van der Waals surface area contributed by atoms with Crippen LogP contribution in [0.1, 0.15) is 24.0 Å². The summed E-state index contributed by atoms with van der Waals surface area (Å²) in [6, 6.07) is 5.19. The number of likely N-dealkylation sites (N-methyl/N-ethyl adjacent to an activating group) is 1. The quantitative estimate of drug-likeness (QED) is 0.507. The van der Waals surface area contributed by atoms with Crippen molar-refractivity contribution < 1.29 is 17.9 Å². The number of carbonyl (C=O) groups excluding carboxylic acids is 1. The maximum atomic E-state index is 11.9. The summed E-state index contributed by atoms with van der Waals surface area (Å²) in [4.78, 5) is 18.2. The Kier molecular flexibility index (Phi) is 7.82. The van der Waals surface area contributed by atoms with E-state index in [4.69, 9.17) is 4.74 Å². The maximum absolute atomic E-state index is 11.9. The third kappa shape index (κ3) is 6.79. The van der Waals surface area contributed by atoms with Crippen LogP contribution in [0.15, 0.2) is 28.1 Å². The maximum Gasteiger partial charge on any atom is 0.241 e. The van der Waals surface area contributed by atoms with Crippen LogP contribution in [-0.4, -0.2) is 71.3 Å². The third-order valence-corrected chi connectivity index (χ3v) is 5.74. The number of rotatable bonds is 7. The van der Waals surface area contributed by atoms with E-state index in [1.54, 1.807) is 33.2 Å². The van der Waals surface area contributed by atoms with Crippen LogP contribution in [-0.2, 0) is 25.9 Å². The van der Waals surface area contributed by atoms with E-state index in [0.29, 0.717) is 29.5 Å². The number of hydrogen-bond acceptors (Lipinski definition) is 5. The number of sulfone groups is 1. The standard InChI is InChI=1S/C19H30N4O4S/c1-14-10-15(7-8-17(14)28(4,25)26)11-20-19(22-13-18(24)23(2)3)21-12-16-6-5-9-27-16/h7-8,10,16H,5-6,9,11-13H2,1-4H3,(H2,20,21,22). The molecule has 0 aliphatic carbocycles. The predicted octanol–water partition coefficient (Wildman–Crippen LogP) is 0.701. The van der Waals surface area contributed by atoms with Crippen molar-refractivity contribution in [2.24, 2.45) is 4.99 Å². The van der Waals surface area contributed by atoms with Crippen LogP contribution in [0.25, 0.3) is 0 Å². The molecule has 1 atom stereocenters. The van der Waals surface area contributed by atoms with Gasteiger partial charge in [0.15, 0.2) is 15.8 Å². The van der Waals surface area contributed by atoms with Crippen LogP contribution in [0.4, 0.5) is 0 Å². The molecule has 0 bridgehead atoms. The summed E-state index contributed by atoms with van der Waals surface area (Å²) < 4.78 is 29.1. The van der Waals surface area contributed by atoms with E-state index in [1.165, 1.54) is 11.2 Å². The number of aryl methyl sites for hydroxylation is 1. The van der Waals surface area contributed by atoms with Crippen molar-refractivity contribution in [3.05, 3.63) is 29.3 Å².